The molecule has 0 radical (unpaired) electrons. The normalized spacial score (nSPS) is 22.6. The fraction of sp³-hybridized carbons (Fsp3) is 0.417. The van der Waals surface area contributed by atoms with Crippen molar-refractivity contribution < 1.29 is 33.4 Å². The number of hydrogen-bond donors (Lipinski definition) is 3. The largest absolute Gasteiger partial charge is 0.494 e. The van der Waals surface area contributed by atoms with E-state index in [1.165, 1.54) is 0 Å². The summed E-state index contributed by atoms with van der Waals surface area (Å²) in [6.45, 7) is 9.09. The number of fused-ring (bicyclic) bond motifs is 3. The number of aliphatic hydroxyl groups is 2. The number of amides is 2. The molecule has 5 aromatic rings. The molecule has 4 heterocycles. The second-order valence-electron chi connectivity index (χ2n) is 17.2. The number of carbonyl (C=O) groups is 2. The van der Waals surface area contributed by atoms with Gasteiger partial charge in [-0.2, -0.15) is 0 Å². The number of rotatable bonds is 17. The van der Waals surface area contributed by atoms with Crippen LogP contribution in [0.5, 0.6) is 5.75 Å². The van der Waals surface area contributed by atoms with E-state index >= 15 is 8.90 Å². The highest BCUT2D eigenvalue weighted by atomic mass is 28.4. The Morgan fingerprint density at radius 1 is 0.984 bits per heavy atom. The van der Waals surface area contributed by atoms with Crippen molar-refractivity contribution in [3.63, 3.8) is 0 Å². The number of unbranched alkanes of at least 4 members (excludes halogenated alkanes) is 1. The zero-order chi connectivity index (χ0) is 43.6. The van der Waals surface area contributed by atoms with Crippen LogP contribution in [0.15, 0.2) is 103 Å². The van der Waals surface area contributed by atoms with Gasteiger partial charge in [0.1, 0.15) is 5.75 Å². The summed E-state index contributed by atoms with van der Waals surface area (Å²) in [5.41, 5.74) is 4.59. The molecular weight excluding hydrogens is 804 g/mol. The van der Waals surface area contributed by atoms with E-state index in [0.717, 1.165) is 45.8 Å². The van der Waals surface area contributed by atoms with Gasteiger partial charge in [0.15, 0.2) is 5.60 Å². The van der Waals surface area contributed by atoms with Crippen LogP contribution in [0.1, 0.15) is 67.0 Å². The molecular formula is C48H57FN6O6Si. The van der Waals surface area contributed by atoms with Crippen LogP contribution in [-0.2, 0) is 39.4 Å². The summed E-state index contributed by atoms with van der Waals surface area (Å²) in [7, 11) is -3.40. The SMILES string of the molecule is CCOc1ccc2c(c1)CC(NCCCCO)C(=O)N2c1ccc(CN2C(=O)[C@]3(O[C@H](CCn4cc(C(CO)c5ccccc5)nn4)[C@@H]([Si](C)(C)F)[C@@H]3C)c3ccccc32)cc1. The van der Waals surface area contributed by atoms with Crippen LogP contribution in [0.2, 0.25) is 18.6 Å². The molecule has 12 nitrogen and oxygen atoms in total. The molecule has 1 spiro atoms. The first-order valence-corrected chi connectivity index (χ1v) is 24.8. The monoisotopic (exact) mass is 860 g/mol. The van der Waals surface area contributed by atoms with Crippen LogP contribution in [0.4, 0.5) is 21.2 Å². The molecule has 1 aromatic heterocycles. The average Bonchev–Trinajstić information content (AvgIpc) is 3.93. The van der Waals surface area contributed by atoms with Gasteiger partial charge in [-0.05, 0) is 105 Å². The minimum atomic E-state index is -3.40. The summed E-state index contributed by atoms with van der Waals surface area (Å²) in [6.07, 6.45) is 3.64. The van der Waals surface area contributed by atoms with Crippen molar-refractivity contribution in [2.45, 2.75) is 94.9 Å². The zero-order valence-corrected chi connectivity index (χ0v) is 36.9. The molecule has 0 saturated carbocycles. The van der Waals surface area contributed by atoms with Gasteiger partial charge < -0.3 is 34.0 Å². The predicted octanol–water partition coefficient (Wildman–Crippen LogP) is 7.16. The Bertz CT molecular complexity index is 2360. The van der Waals surface area contributed by atoms with Crippen molar-refractivity contribution in [2.75, 3.05) is 36.2 Å². The third-order valence-electron chi connectivity index (χ3n) is 12.9. The van der Waals surface area contributed by atoms with Gasteiger partial charge in [-0.3, -0.25) is 19.2 Å². The molecule has 3 aliphatic rings. The number of aryl methyl sites for hydroxylation is 1. The fourth-order valence-corrected chi connectivity index (χ4v) is 12.5. The van der Waals surface area contributed by atoms with Crippen molar-refractivity contribution in [3.05, 3.63) is 131 Å². The molecule has 14 heteroatoms. The highest BCUT2D eigenvalue weighted by Crippen LogP contribution is 2.60. The summed E-state index contributed by atoms with van der Waals surface area (Å²) < 4.78 is 31.1. The maximum absolute atomic E-state index is 16.6. The van der Waals surface area contributed by atoms with E-state index in [9.17, 15) is 15.0 Å². The molecule has 2 amide bonds. The lowest BCUT2D eigenvalue weighted by atomic mass is 9.82. The summed E-state index contributed by atoms with van der Waals surface area (Å²) in [5.74, 6) is -0.290. The van der Waals surface area contributed by atoms with Crippen LogP contribution >= 0.6 is 0 Å². The smallest absolute Gasteiger partial charge is 0.264 e. The number of ether oxygens (including phenoxy) is 2. The number of aliphatic hydroxyl groups excluding tert-OH is 2. The standard InChI is InChI=1S/C48H57FN6O6Si/c1-5-60-37-21-22-42-35(27-37)28-40(50-24-11-12-26-56)46(58)55(42)36-19-17-33(18-20-36)29-54-43-16-10-9-15-39(43)48(47(54)59)32(2)45(62(3,4)49)44(61-48)23-25-53-30-41(51-52-53)38(31-57)34-13-7-6-8-14-34/h6-10,13-22,27,30,32,38,40,44-45,50,56-57H,5,11-12,23-26,28-29,31H2,1-4H3/t32-,38?,40?,44+,45-,48+/m0/s1. The minimum absolute atomic E-state index is 0.0642. The lowest BCUT2D eigenvalue weighted by molar-refractivity contribution is -0.146. The van der Waals surface area contributed by atoms with Gasteiger partial charge in [0, 0.05) is 42.1 Å². The van der Waals surface area contributed by atoms with Crippen LogP contribution in [0.25, 0.3) is 0 Å². The number of carbonyl (C=O) groups excluding carboxylic acids is 2. The number of para-hydroxylation sites is 1. The second-order valence-corrected chi connectivity index (χ2v) is 21.0. The number of nitrogens with zero attached hydrogens (tertiary/aromatic N) is 5. The van der Waals surface area contributed by atoms with Crippen molar-refractivity contribution in [3.8, 4) is 5.75 Å². The maximum atomic E-state index is 16.6. The van der Waals surface area contributed by atoms with E-state index < -0.39 is 37.6 Å². The molecule has 3 aliphatic heterocycles. The Morgan fingerprint density at radius 2 is 1.74 bits per heavy atom. The number of hydrogen-bond acceptors (Lipinski definition) is 9. The van der Waals surface area contributed by atoms with E-state index in [0.29, 0.717) is 50.3 Å². The Labute approximate surface area is 363 Å². The van der Waals surface area contributed by atoms with E-state index in [4.69, 9.17) is 9.47 Å². The summed E-state index contributed by atoms with van der Waals surface area (Å²) in [5, 5.41) is 31.7. The van der Waals surface area contributed by atoms with Crippen LogP contribution in [0, 0.1) is 5.92 Å². The van der Waals surface area contributed by atoms with Gasteiger partial charge in [-0.15, -0.1) is 5.10 Å². The van der Waals surface area contributed by atoms with Crippen LogP contribution in [-0.4, -0.2) is 83.9 Å². The molecule has 4 aromatic carbocycles. The maximum Gasteiger partial charge on any atom is 0.264 e. The quantitative estimate of drug-likeness (QED) is 0.0505. The van der Waals surface area contributed by atoms with E-state index in [1.54, 1.807) is 27.6 Å². The van der Waals surface area contributed by atoms with Crippen molar-refractivity contribution >= 4 is 37.3 Å². The number of anilines is 3. The zero-order valence-electron chi connectivity index (χ0n) is 35.9. The molecule has 0 aliphatic carbocycles. The molecule has 0 bridgehead atoms. The van der Waals surface area contributed by atoms with Gasteiger partial charge in [-0.25, -0.2) is 0 Å². The Kier molecular flexibility index (Phi) is 12.8. The van der Waals surface area contributed by atoms with Crippen molar-refractivity contribution in [1.29, 1.82) is 0 Å². The molecule has 326 valence electrons. The molecule has 2 unspecified atom stereocenters. The second kappa shape index (κ2) is 18.2. The Balaban J connectivity index is 1.03. The highest BCUT2D eigenvalue weighted by molar-refractivity contribution is 6.72. The molecule has 1 saturated heterocycles. The number of benzene rings is 4. The first-order chi connectivity index (χ1) is 30.0. The number of aromatic nitrogens is 3. The Morgan fingerprint density at radius 3 is 2.47 bits per heavy atom. The van der Waals surface area contributed by atoms with Crippen LogP contribution < -0.4 is 19.9 Å². The summed E-state index contributed by atoms with van der Waals surface area (Å²) in [6, 6.07) is 30.5. The average molecular weight is 861 g/mol. The van der Waals surface area contributed by atoms with Gasteiger partial charge in [0.2, 0.25) is 14.3 Å². The van der Waals surface area contributed by atoms with Gasteiger partial charge in [0.05, 0.1) is 54.9 Å². The highest BCUT2D eigenvalue weighted by Gasteiger charge is 2.66. The fourth-order valence-electron chi connectivity index (χ4n) is 9.98. The first kappa shape index (κ1) is 43.4. The number of nitrogens with one attached hydrogen (secondary N) is 1. The lowest BCUT2D eigenvalue weighted by Crippen LogP contribution is -2.49. The van der Waals surface area contributed by atoms with E-state index in [2.05, 4.69) is 15.6 Å². The van der Waals surface area contributed by atoms with Gasteiger partial charge >= 0.3 is 0 Å². The molecule has 6 atom stereocenters. The third-order valence-corrected chi connectivity index (χ3v) is 15.3. The predicted molar refractivity (Wildman–Crippen MR) is 239 cm³/mol. The van der Waals surface area contributed by atoms with E-state index in [1.807, 2.05) is 117 Å². The lowest BCUT2D eigenvalue weighted by Gasteiger charge is -2.35. The molecule has 1 fully saturated rings. The van der Waals surface area contributed by atoms with Crippen molar-refractivity contribution in [1.82, 2.24) is 20.3 Å². The van der Waals surface area contributed by atoms with Crippen molar-refractivity contribution in [2.24, 2.45) is 5.92 Å². The Hall–Kier alpha value is -5.25. The first-order valence-electron chi connectivity index (χ1n) is 21.8. The summed E-state index contributed by atoms with van der Waals surface area (Å²) >= 11 is 0. The minimum Gasteiger partial charge on any atom is -0.494 e. The molecule has 3 N–H and O–H groups in total. The molecule has 8 rings (SSSR count). The summed E-state index contributed by atoms with van der Waals surface area (Å²) in [4.78, 5) is 32.6. The third kappa shape index (κ3) is 8.22. The number of halogens is 1. The van der Waals surface area contributed by atoms with Gasteiger partial charge in [-0.1, -0.05) is 72.8 Å². The molecule has 62 heavy (non-hydrogen) atoms. The van der Waals surface area contributed by atoms with Crippen LogP contribution in [0.3, 0.4) is 0 Å². The van der Waals surface area contributed by atoms with E-state index in [-0.39, 0.29) is 37.5 Å². The topological polar surface area (TPSA) is 142 Å². The van der Waals surface area contributed by atoms with Gasteiger partial charge in [0.25, 0.3) is 5.91 Å².